The minimum Gasteiger partial charge on any atom is -0.464 e. The first-order valence-corrected chi connectivity index (χ1v) is 10.4. The average molecular weight is 413 g/mol. The standard InChI is InChI=1S/C26H25BO3.H3N/c1-25(2)26(3,4)30-27(29-25)24-22(19-14-9-6-10-15-19)23-20(16-11-17-21(23)28-24)18-12-7-5-8-13-18;/h5-17H,1-4H3;1H3. The van der Waals surface area contributed by atoms with Crippen molar-refractivity contribution in [1.82, 2.24) is 6.15 Å². The second kappa shape index (κ2) is 7.68. The van der Waals surface area contributed by atoms with Crippen molar-refractivity contribution in [3.8, 4) is 22.3 Å². The topological polar surface area (TPSA) is 66.6 Å². The predicted octanol–water partition coefficient (Wildman–Crippen LogP) is 6.23. The minimum absolute atomic E-state index is 0. The smallest absolute Gasteiger partial charge is 0.464 e. The maximum atomic E-state index is 6.44. The van der Waals surface area contributed by atoms with Gasteiger partial charge in [-0.05, 0) is 50.5 Å². The second-order valence-corrected chi connectivity index (χ2v) is 8.84. The number of fused-ring (bicyclic) bond motifs is 1. The van der Waals surface area contributed by atoms with Gasteiger partial charge in [0.1, 0.15) is 11.2 Å². The van der Waals surface area contributed by atoms with E-state index in [1.165, 1.54) is 0 Å². The highest BCUT2D eigenvalue weighted by Gasteiger charge is 2.54. The van der Waals surface area contributed by atoms with Crippen molar-refractivity contribution in [2.24, 2.45) is 0 Å². The summed E-state index contributed by atoms with van der Waals surface area (Å²) in [7, 11) is -0.568. The van der Waals surface area contributed by atoms with E-state index in [0.29, 0.717) is 0 Å². The Morgan fingerprint density at radius 2 is 1.19 bits per heavy atom. The molecule has 31 heavy (non-hydrogen) atoms. The SMILES string of the molecule is CC1(C)OB(c2oc3cccc(-c4ccccc4)c3c2-c2ccccc2)OC1(C)C.N. The van der Waals surface area contributed by atoms with Crippen LogP contribution in [0.25, 0.3) is 33.2 Å². The quantitative estimate of drug-likeness (QED) is 0.405. The van der Waals surface area contributed by atoms with Crippen LogP contribution in [0.4, 0.5) is 0 Å². The van der Waals surface area contributed by atoms with Crippen LogP contribution >= 0.6 is 0 Å². The number of hydrogen-bond donors (Lipinski definition) is 1. The Hall–Kier alpha value is -2.86. The average Bonchev–Trinajstić information content (AvgIpc) is 3.23. The third kappa shape index (κ3) is 3.49. The van der Waals surface area contributed by atoms with Crippen LogP contribution in [0.5, 0.6) is 0 Å². The Bertz CT molecular complexity index is 1180. The molecule has 0 aliphatic carbocycles. The van der Waals surface area contributed by atoms with Crippen LogP contribution in [0.15, 0.2) is 83.3 Å². The summed E-state index contributed by atoms with van der Waals surface area (Å²) in [4.78, 5) is 0. The van der Waals surface area contributed by atoms with Crippen molar-refractivity contribution < 1.29 is 13.7 Å². The first-order valence-electron chi connectivity index (χ1n) is 10.4. The summed E-state index contributed by atoms with van der Waals surface area (Å²) in [5.41, 5.74) is 5.09. The largest absolute Gasteiger partial charge is 0.533 e. The van der Waals surface area contributed by atoms with E-state index in [4.69, 9.17) is 13.7 Å². The molecule has 5 rings (SSSR count). The van der Waals surface area contributed by atoms with E-state index in [1.54, 1.807) is 0 Å². The summed E-state index contributed by atoms with van der Waals surface area (Å²) in [5, 5.41) is 1.08. The summed E-state index contributed by atoms with van der Waals surface area (Å²) < 4.78 is 19.2. The fourth-order valence-electron chi connectivity index (χ4n) is 4.03. The number of hydrogen-bond acceptors (Lipinski definition) is 4. The zero-order valence-corrected chi connectivity index (χ0v) is 18.5. The van der Waals surface area contributed by atoms with Gasteiger partial charge in [0.15, 0.2) is 0 Å². The van der Waals surface area contributed by atoms with Crippen molar-refractivity contribution in [1.29, 1.82) is 0 Å². The molecule has 0 saturated carbocycles. The lowest BCUT2D eigenvalue weighted by atomic mass is 9.80. The molecule has 1 saturated heterocycles. The summed E-state index contributed by atoms with van der Waals surface area (Å²) in [6, 6.07) is 27.0. The van der Waals surface area contributed by atoms with Crippen LogP contribution in [0.1, 0.15) is 27.7 Å². The molecule has 0 unspecified atom stereocenters. The van der Waals surface area contributed by atoms with Crippen molar-refractivity contribution in [2.45, 2.75) is 38.9 Å². The first-order chi connectivity index (χ1) is 14.4. The molecule has 1 aliphatic heterocycles. The molecule has 158 valence electrons. The summed E-state index contributed by atoms with van der Waals surface area (Å²) in [5.74, 6) is 0. The molecule has 1 aromatic heterocycles. The minimum atomic E-state index is -0.568. The molecule has 4 aromatic rings. The molecule has 0 atom stereocenters. The monoisotopic (exact) mass is 413 g/mol. The molecule has 0 spiro atoms. The van der Waals surface area contributed by atoms with Gasteiger partial charge in [0.25, 0.3) is 0 Å². The van der Waals surface area contributed by atoms with Crippen LogP contribution in [-0.4, -0.2) is 18.3 Å². The highest BCUT2D eigenvalue weighted by molar-refractivity contribution is 6.63. The van der Waals surface area contributed by atoms with E-state index in [-0.39, 0.29) is 6.15 Å². The van der Waals surface area contributed by atoms with E-state index in [2.05, 4.69) is 70.2 Å². The Morgan fingerprint density at radius 1 is 0.645 bits per heavy atom. The van der Waals surface area contributed by atoms with Gasteiger partial charge >= 0.3 is 7.12 Å². The molecule has 0 amide bonds. The Balaban J connectivity index is 0.00000231. The predicted molar refractivity (Wildman–Crippen MR) is 128 cm³/mol. The lowest BCUT2D eigenvalue weighted by Gasteiger charge is -2.32. The summed E-state index contributed by atoms with van der Waals surface area (Å²) in [6.45, 7) is 8.25. The van der Waals surface area contributed by atoms with Gasteiger partial charge in [0, 0.05) is 10.9 Å². The normalized spacial score (nSPS) is 17.0. The molecular weight excluding hydrogens is 385 g/mol. The Morgan fingerprint density at radius 3 is 1.77 bits per heavy atom. The molecule has 3 N–H and O–H groups in total. The van der Waals surface area contributed by atoms with Gasteiger partial charge in [-0.3, -0.25) is 0 Å². The molecule has 1 fully saturated rings. The molecule has 5 heteroatoms. The maximum Gasteiger partial charge on any atom is 0.533 e. The van der Waals surface area contributed by atoms with Crippen LogP contribution in [0.2, 0.25) is 0 Å². The Kier molecular flexibility index (Phi) is 5.30. The van der Waals surface area contributed by atoms with Crippen molar-refractivity contribution >= 4 is 23.7 Å². The lowest BCUT2D eigenvalue weighted by molar-refractivity contribution is 0.00578. The van der Waals surface area contributed by atoms with Gasteiger partial charge in [-0.2, -0.15) is 0 Å². The van der Waals surface area contributed by atoms with Gasteiger partial charge in [-0.1, -0.05) is 72.8 Å². The van der Waals surface area contributed by atoms with Crippen LogP contribution < -0.4 is 11.8 Å². The van der Waals surface area contributed by atoms with Gasteiger partial charge in [-0.25, -0.2) is 0 Å². The van der Waals surface area contributed by atoms with Crippen LogP contribution in [0.3, 0.4) is 0 Å². The summed E-state index contributed by atoms with van der Waals surface area (Å²) in [6.07, 6.45) is 0. The first kappa shape index (κ1) is 21.4. The third-order valence-corrected chi connectivity index (χ3v) is 6.36. The highest BCUT2D eigenvalue weighted by atomic mass is 16.7. The number of rotatable bonds is 3. The van der Waals surface area contributed by atoms with Gasteiger partial charge < -0.3 is 19.9 Å². The van der Waals surface area contributed by atoms with Crippen LogP contribution in [0, 0.1) is 0 Å². The fourth-order valence-corrected chi connectivity index (χ4v) is 4.03. The van der Waals surface area contributed by atoms with Crippen molar-refractivity contribution in [3.05, 3.63) is 78.9 Å². The highest BCUT2D eigenvalue weighted by Crippen LogP contribution is 2.41. The van der Waals surface area contributed by atoms with E-state index in [9.17, 15) is 0 Å². The fraction of sp³-hybridized carbons (Fsp3) is 0.231. The molecule has 0 bridgehead atoms. The lowest BCUT2D eigenvalue weighted by Crippen LogP contribution is -2.41. The summed E-state index contributed by atoms with van der Waals surface area (Å²) >= 11 is 0. The van der Waals surface area contributed by atoms with Crippen LogP contribution in [-0.2, 0) is 9.31 Å². The molecule has 1 aliphatic rings. The van der Waals surface area contributed by atoms with Gasteiger partial charge in [-0.15, -0.1) is 0 Å². The van der Waals surface area contributed by atoms with E-state index in [1.807, 2.05) is 36.4 Å². The zero-order chi connectivity index (χ0) is 20.9. The van der Waals surface area contributed by atoms with E-state index < -0.39 is 18.3 Å². The van der Waals surface area contributed by atoms with E-state index >= 15 is 0 Å². The van der Waals surface area contributed by atoms with Gasteiger partial charge in [0.2, 0.25) is 0 Å². The van der Waals surface area contributed by atoms with E-state index in [0.717, 1.165) is 38.9 Å². The second-order valence-electron chi connectivity index (χ2n) is 8.84. The number of benzene rings is 3. The number of furan rings is 1. The molecular formula is C26H28BNO3. The molecule has 2 heterocycles. The molecule has 0 radical (unpaired) electrons. The molecule has 3 aromatic carbocycles. The maximum absolute atomic E-state index is 6.44. The van der Waals surface area contributed by atoms with Crippen molar-refractivity contribution in [2.75, 3.05) is 0 Å². The molecule has 4 nitrogen and oxygen atoms in total. The van der Waals surface area contributed by atoms with Crippen molar-refractivity contribution in [3.63, 3.8) is 0 Å². The Labute approximate surface area is 183 Å². The third-order valence-electron chi connectivity index (χ3n) is 6.36. The van der Waals surface area contributed by atoms with Gasteiger partial charge in [0.05, 0.1) is 11.2 Å². The zero-order valence-electron chi connectivity index (χ0n) is 18.5.